The molecule has 4 heteroatoms. The van der Waals surface area contributed by atoms with Crippen molar-refractivity contribution in [3.05, 3.63) is 58.3 Å². The summed E-state index contributed by atoms with van der Waals surface area (Å²) < 4.78 is 0. The molecule has 0 bridgehead atoms. The molecule has 0 radical (unpaired) electrons. The monoisotopic (exact) mass is 365 g/mol. The van der Waals surface area contributed by atoms with Crippen LogP contribution in [-0.2, 0) is 17.6 Å². The maximum absolute atomic E-state index is 12.0. The van der Waals surface area contributed by atoms with Gasteiger partial charge in [0.15, 0.2) is 0 Å². The standard InChI is InChI=1S/C17H20BrNOS/c18-13-15(12-14-6-2-1-3-7-14)19-17(20)10-4-8-16-9-5-11-21-16/h1-3,5-7,9,11,15H,4,8,10,12-13H2,(H,19,20). The molecule has 0 fully saturated rings. The maximum Gasteiger partial charge on any atom is 0.220 e. The fraction of sp³-hybridized carbons (Fsp3) is 0.353. The largest absolute Gasteiger partial charge is 0.352 e. The van der Waals surface area contributed by atoms with E-state index in [1.165, 1.54) is 10.4 Å². The molecule has 0 saturated carbocycles. The highest BCUT2D eigenvalue weighted by molar-refractivity contribution is 9.09. The highest BCUT2D eigenvalue weighted by atomic mass is 79.9. The Bertz CT molecular complexity index is 527. The Morgan fingerprint density at radius 2 is 2.00 bits per heavy atom. The van der Waals surface area contributed by atoms with Crippen molar-refractivity contribution in [2.75, 3.05) is 5.33 Å². The number of halogens is 1. The third-order valence-corrected chi connectivity index (χ3v) is 5.00. The number of alkyl halides is 1. The van der Waals surface area contributed by atoms with Crippen LogP contribution in [0.3, 0.4) is 0 Å². The quantitative estimate of drug-likeness (QED) is 0.698. The zero-order valence-electron chi connectivity index (χ0n) is 11.9. The van der Waals surface area contributed by atoms with Crippen LogP contribution in [0.5, 0.6) is 0 Å². The lowest BCUT2D eigenvalue weighted by Crippen LogP contribution is -2.37. The molecule has 1 N–H and O–H groups in total. The van der Waals surface area contributed by atoms with Crippen LogP contribution in [0, 0.1) is 0 Å². The van der Waals surface area contributed by atoms with Gasteiger partial charge in [0.25, 0.3) is 0 Å². The van der Waals surface area contributed by atoms with Crippen LogP contribution in [0.4, 0.5) is 0 Å². The fourth-order valence-electron chi connectivity index (χ4n) is 2.22. The second kappa shape index (κ2) is 9.00. The normalized spacial score (nSPS) is 12.0. The van der Waals surface area contributed by atoms with E-state index in [-0.39, 0.29) is 11.9 Å². The summed E-state index contributed by atoms with van der Waals surface area (Å²) in [6.07, 6.45) is 3.36. The van der Waals surface area contributed by atoms with E-state index in [4.69, 9.17) is 0 Å². The molecule has 0 aliphatic carbocycles. The van der Waals surface area contributed by atoms with Crippen molar-refractivity contribution < 1.29 is 4.79 Å². The maximum atomic E-state index is 12.0. The second-order valence-corrected chi connectivity index (χ2v) is 6.72. The number of hydrogen-bond donors (Lipinski definition) is 1. The van der Waals surface area contributed by atoms with Crippen LogP contribution in [0.15, 0.2) is 47.8 Å². The molecule has 0 saturated heterocycles. The number of rotatable bonds is 8. The molecule has 1 unspecified atom stereocenters. The number of aryl methyl sites for hydroxylation is 1. The van der Waals surface area contributed by atoms with Gasteiger partial charge in [-0.15, -0.1) is 11.3 Å². The summed E-state index contributed by atoms with van der Waals surface area (Å²) in [6, 6.07) is 14.6. The molecule has 112 valence electrons. The zero-order chi connectivity index (χ0) is 14.9. The molecule has 0 aliphatic rings. The van der Waals surface area contributed by atoms with Crippen molar-refractivity contribution in [3.63, 3.8) is 0 Å². The van der Waals surface area contributed by atoms with Crippen LogP contribution in [0.1, 0.15) is 23.3 Å². The SMILES string of the molecule is O=C(CCCc1cccs1)NC(CBr)Cc1ccccc1. The van der Waals surface area contributed by atoms with E-state index < -0.39 is 0 Å². The first-order valence-corrected chi connectivity index (χ1v) is 9.19. The fourth-order valence-corrected chi connectivity index (χ4v) is 3.36. The van der Waals surface area contributed by atoms with Gasteiger partial charge in [0, 0.05) is 22.7 Å². The molecule has 2 aromatic rings. The third kappa shape index (κ3) is 6.02. The molecule has 1 aromatic carbocycles. The topological polar surface area (TPSA) is 29.1 Å². The number of thiophene rings is 1. The molecule has 1 heterocycles. The van der Waals surface area contributed by atoms with Gasteiger partial charge in [-0.1, -0.05) is 52.3 Å². The summed E-state index contributed by atoms with van der Waals surface area (Å²) in [5.74, 6) is 0.145. The number of carbonyl (C=O) groups excluding carboxylic acids is 1. The Labute approximate surface area is 138 Å². The van der Waals surface area contributed by atoms with Crippen LogP contribution in [0.2, 0.25) is 0 Å². The van der Waals surface area contributed by atoms with Gasteiger partial charge in [0.05, 0.1) is 0 Å². The molecular weight excluding hydrogens is 346 g/mol. The molecule has 1 aromatic heterocycles. The zero-order valence-corrected chi connectivity index (χ0v) is 14.3. The van der Waals surface area contributed by atoms with Crippen molar-refractivity contribution in [2.24, 2.45) is 0 Å². The van der Waals surface area contributed by atoms with Gasteiger partial charge < -0.3 is 5.32 Å². The van der Waals surface area contributed by atoms with E-state index in [0.717, 1.165) is 24.6 Å². The number of hydrogen-bond acceptors (Lipinski definition) is 2. The van der Waals surface area contributed by atoms with Gasteiger partial charge in [0.1, 0.15) is 0 Å². The lowest BCUT2D eigenvalue weighted by atomic mass is 10.1. The van der Waals surface area contributed by atoms with Crippen LogP contribution in [0.25, 0.3) is 0 Å². The summed E-state index contributed by atoms with van der Waals surface area (Å²) in [5.41, 5.74) is 1.25. The number of carbonyl (C=O) groups is 1. The van der Waals surface area contributed by atoms with Crippen molar-refractivity contribution in [1.82, 2.24) is 5.32 Å². The van der Waals surface area contributed by atoms with Gasteiger partial charge in [-0.05, 0) is 36.3 Å². The number of benzene rings is 1. The van der Waals surface area contributed by atoms with Gasteiger partial charge in [-0.25, -0.2) is 0 Å². The molecule has 0 aliphatic heterocycles. The summed E-state index contributed by atoms with van der Waals surface area (Å²) >= 11 is 5.24. The van der Waals surface area contributed by atoms with Crippen LogP contribution < -0.4 is 5.32 Å². The Morgan fingerprint density at radius 1 is 1.19 bits per heavy atom. The molecule has 0 spiro atoms. The minimum absolute atomic E-state index is 0.145. The predicted molar refractivity (Wildman–Crippen MR) is 93.1 cm³/mol. The van der Waals surface area contributed by atoms with Gasteiger partial charge >= 0.3 is 0 Å². The lowest BCUT2D eigenvalue weighted by Gasteiger charge is -2.16. The van der Waals surface area contributed by atoms with Crippen LogP contribution >= 0.6 is 27.3 Å². The summed E-state index contributed by atoms with van der Waals surface area (Å²) in [6.45, 7) is 0. The summed E-state index contributed by atoms with van der Waals surface area (Å²) in [5, 5.41) is 5.97. The predicted octanol–water partition coefficient (Wildman–Crippen LogP) is 4.19. The molecular formula is C17H20BrNOS. The first-order valence-electron chi connectivity index (χ1n) is 7.19. The van der Waals surface area contributed by atoms with E-state index >= 15 is 0 Å². The molecule has 2 nitrogen and oxygen atoms in total. The molecule has 21 heavy (non-hydrogen) atoms. The first-order chi connectivity index (χ1) is 10.3. The van der Waals surface area contributed by atoms with E-state index in [1.807, 2.05) is 18.2 Å². The van der Waals surface area contributed by atoms with Gasteiger partial charge in [-0.3, -0.25) is 4.79 Å². The van der Waals surface area contributed by atoms with E-state index in [0.29, 0.717) is 6.42 Å². The highest BCUT2D eigenvalue weighted by Gasteiger charge is 2.11. The minimum atomic E-state index is 0.145. The molecule has 1 amide bonds. The highest BCUT2D eigenvalue weighted by Crippen LogP contribution is 2.12. The van der Waals surface area contributed by atoms with E-state index in [1.54, 1.807) is 11.3 Å². The van der Waals surface area contributed by atoms with Crippen molar-refractivity contribution in [3.8, 4) is 0 Å². The third-order valence-electron chi connectivity index (χ3n) is 3.28. The number of nitrogens with one attached hydrogen (secondary N) is 1. The summed E-state index contributed by atoms with van der Waals surface area (Å²) in [7, 11) is 0. The van der Waals surface area contributed by atoms with Crippen molar-refractivity contribution >= 4 is 33.2 Å². The van der Waals surface area contributed by atoms with E-state index in [9.17, 15) is 4.79 Å². The van der Waals surface area contributed by atoms with Gasteiger partial charge in [-0.2, -0.15) is 0 Å². The minimum Gasteiger partial charge on any atom is -0.352 e. The molecule has 2 rings (SSSR count). The van der Waals surface area contributed by atoms with E-state index in [2.05, 4.69) is 50.9 Å². The van der Waals surface area contributed by atoms with Crippen molar-refractivity contribution in [2.45, 2.75) is 31.7 Å². The Balaban J connectivity index is 1.72. The van der Waals surface area contributed by atoms with Crippen LogP contribution in [-0.4, -0.2) is 17.3 Å². The first kappa shape index (κ1) is 16.2. The summed E-state index contributed by atoms with van der Waals surface area (Å²) in [4.78, 5) is 13.4. The second-order valence-electron chi connectivity index (χ2n) is 5.04. The lowest BCUT2D eigenvalue weighted by molar-refractivity contribution is -0.121. The van der Waals surface area contributed by atoms with Gasteiger partial charge in [0.2, 0.25) is 5.91 Å². The smallest absolute Gasteiger partial charge is 0.220 e. The van der Waals surface area contributed by atoms with Crippen molar-refractivity contribution in [1.29, 1.82) is 0 Å². The Hall–Kier alpha value is -1.13. The average Bonchev–Trinajstić information content (AvgIpc) is 3.01. The Morgan fingerprint density at radius 3 is 2.67 bits per heavy atom. The Kier molecular flexibility index (Phi) is 6.96. The average molecular weight is 366 g/mol. The number of amides is 1. The molecule has 1 atom stereocenters.